The maximum Gasteiger partial charge on any atom is 0.302 e. The number of unbranched alkanes of at least 4 members (excludes halogenated alkanes) is 2. The van der Waals surface area contributed by atoms with Crippen LogP contribution in [0.2, 0.25) is 0 Å². The predicted octanol–water partition coefficient (Wildman–Crippen LogP) is 4.35. The van der Waals surface area contributed by atoms with Crippen LogP contribution in [0.1, 0.15) is 33.1 Å². The van der Waals surface area contributed by atoms with Crippen LogP contribution in [-0.4, -0.2) is 25.8 Å². The number of carbonyl (C=O) groups is 1. The quantitative estimate of drug-likeness (QED) is 0.509. The first-order valence-corrected chi connectivity index (χ1v) is 8.12. The molecule has 0 fully saturated rings. The van der Waals surface area contributed by atoms with E-state index in [2.05, 4.69) is 6.92 Å². The van der Waals surface area contributed by atoms with Crippen LogP contribution in [0.4, 0.5) is 0 Å². The molecule has 2 aromatic rings. The van der Waals surface area contributed by atoms with Crippen LogP contribution in [0.15, 0.2) is 36.4 Å². The third kappa shape index (κ3) is 5.81. The van der Waals surface area contributed by atoms with Crippen molar-refractivity contribution in [1.82, 2.24) is 0 Å². The summed E-state index contributed by atoms with van der Waals surface area (Å²) < 4.78 is 16.2. The summed E-state index contributed by atoms with van der Waals surface area (Å²) in [6.07, 6.45) is 3.48. The summed E-state index contributed by atoms with van der Waals surface area (Å²) >= 11 is 0. The highest BCUT2D eigenvalue weighted by molar-refractivity contribution is 5.85. The number of carbonyl (C=O) groups excluding carboxylic acids is 1. The number of hydrogen-bond donors (Lipinski definition) is 0. The molecule has 0 bridgehead atoms. The molecule has 0 spiro atoms. The van der Waals surface area contributed by atoms with Crippen molar-refractivity contribution in [3.8, 4) is 11.5 Å². The Hall–Kier alpha value is -2.23. The minimum Gasteiger partial charge on any atom is -0.494 e. The van der Waals surface area contributed by atoms with E-state index in [1.165, 1.54) is 19.8 Å². The first-order valence-electron chi connectivity index (χ1n) is 8.12. The second kappa shape index (κ2) is 9.03. The van der Waals surface area contributed by atoms with E-state index >= 15 is 0 Å². The number of esters is 1. The molecule has 0 aliphatic rings. The second-order valence-electron chi connectivity index (χ2n) is 5.41. The van der Waals surface area contributed by atoms with Crippen molar-refractivity contribution in [3.63, 3.8) is 0 Å². The van der Waals surface area contributed by atoms with Crippen LogP contribution in [0.3, 0.4) is 0 Å². The molecule has 124 valence electrons. The van der Waals surface area contributed by atoms with Gasteiger partial charge in [0.1, 0.15) is 24.7 Å². The molecule has 0 N–H and O–H groups in total. The molecule has 0 aliphatic carbocycles. The summed E-state index contributed by atoms with van der Waals surface area (Å²) in [6.45, 7) is 4.94. The van der Waals surface area contributed by atoms with Crippen molar-refractivity contribution in [2.24, 2.45) is 0 Å². The van der Waals surface area contributed by atoms with E-state index in [-0.39, 0.29) is 12.6 Å². The lowest BCUT2D eigenvalue weighted by Gasteiger charge is -2.09. The van der Waals surface area contributed by atoms with Gasteiger partial charge in [0.05, 0.1) is 6.61 Å². The molecule has 2 rings (SSSR count). The molecular formula is C19H24O4. The van der Waals surface area contributed by atoms with Crippen molar-refractivity contribution < 1.29 is 19.0 Å². The van der Waals surface area contributed by atoms with Gasteiger partial charge in [-0.3, -0.25) is 4.79 Å². The SMILES string of the molecule is CCCCCOc1ccc2cc(OCCOC(C)=O)ccc2c1. The Morgan fingerprint density at radius 2 is 1.48 bits per heavy atom. The molecule has 0 amide bonds. The molecular weight excluding hydrogens is 292 g/mol. The fourth-order valence-electron chi connectivity index (χ4n) is 2.27. The number of ether oxygens (including phenoxy) is 3. The van der Waals surface area contributed by atoms with Crippen LogP contribution >= 0.6 is 0 Å². The van der Waals surface area contributed by atoms with Gasteiger partial charge in [0, 0.05) is 6.92 Å². The zero-order valence-corrected chi connectivity index (χ0v) is 13.8. The number of rotatable bonds is 9. The zero-order chi connectivity index (χ0) is 16.5. The van der Waals surface area contributed by atoms with Crippen LogP contribution in [0.25, 0.3) is 10.8 Å². The summed E-state index contributed by atoms with van der Waals surface area (Å²) in [5, 5.41) is 2.21. The highest BCUT2D eigenvalue weighted by atomic mass is 16.6. The van der Waals surface area contributed by atoms with Gasteiger partial charge in [0.2, 0.25) is 0 Å². The molecule has 0 atom stereocenters. The van der Waals surface area contributed by atoms with Gasteiger partial charge >= 0.3 is 5.97 Å². The van der Waals surface area contributed by atoms with E-state index in [1.54, 1.807) is 0 Å². The summed E-state index contributed by atoms with van der Waals surface area (Å²) in [7, 11) is 0. The molecule has 0 radical (unpaired) electrons. The molecule has 4 heteroatoms. The van der Waals surface area contributed by atoms with E-state index < -0.39 is 0 Å². The Labute approximate surface area is 137 Å². The molecule has 0 unspecified atom stereocenters. The Morgan fingerprint density at radius 1 is 0.870 bits per heavy atom. The smallest absolute Gasteiger partial charge is 0.302 e. The Morgan fingerprint density at radius 3 is 2.04 bits per heavy atom. The standard InChI is InChI=1S/C19H24O4/c1-3-4-5-10-22-18-8-6-17-14-19(9-7-16(17)13-18)23-12-11-21-15(2)20/h6-9,13-14H,3-5,10-12H2,1-2H3. The van der Waals surface area contributed by atoms with Gasteiger partial charge < -0.3 is 14.2 Å². The lowest BCUT2D eigenvalue weighted by molar-refractivity contribution is -0.141. The molecule has 0 aliphatic heterocycles. The Kier molecular flexibility index (Phi) is 6.73. The monoisotopic (exact) mass is 316 g/mol. The minimum absolute atomic E-state index is 0.262. The van der Waals surface area contributed by atoms with Crippen LogP contribution in [0, 0.1) is 0 Å². The van der Waals surface area contributed by atoms with Gasteiger partial charge in [-0.25, -0.2) is 0 Å². The van der Waals surface area contributed by atoms with E-state index in [4.69, 9.17) is 14.2 Å². The summed E-state index contributed by atoms with van der Waals surface area (Å²) in [5.74, 6) is 1.37. The third-order valence-corrected chi connectivity index (χ3v) is 3.46. The first kappa shape index (κ1) is 17.1. The predicted molar refractivity (Wildman–Crippen MR) is 91.1 cm³/mol. The van der Waals surface area contributed by atoms with Gasteiger partial charge in [-0.15, -0.1) is 0 Å². The minimum atomic E-state index is -0.293. The van der Waals surface area contributed by atoms with Gasteiger partial charge in [-0.05, 0) is 41.5 Å². The highest BCUT2D eigenvalue weighted by Gasteiger charge is 2.01. The molecule has 0 saturated heterocycles. The molecule has 0 heterocycles. The second-order valence-corrected chi connectivity index (χ2v) is 5.41. The molecule has 23 heavy (non-hydrogen) atoms. The van der Waals surface area contributed by atoms with Gasteiger partial charge in [0.15, 0.2) is 0 Å². The Bertz CT molecular complexity index is 636. The topological polar surface area (TPSA) is 44.8 Å². The average molecular weight is 316 g/mol. The fraction of sp³-hybridized carbons (Fsp3) is 0.421. The van der Waals surface area contributed by atoms with Gasteiger partial charge in [0.25, 0.3) is 0 Å². The van der Waals surface area contributed by atoms with Crippen LogP contribution in [0.5, 0.6) is 11.5 Å². The summed E-state index contributed by atoms with van der Waals surface area (Å²) in [4.78, 5) is 10.7. The number of fused-ring (bicyclic) bond motifs is 1. The average Bonchev–Trinajstić information content (AvgIpc) is 2.55. The number of benzene rings is 2. The number of hydrogen-bond acceptors (Lipinski definition) is 4. The van der Waals surface area contributed by atoms with Gasteiger partial charge in [-0.2, -0.15) is 0 Å². The molecule has 0 aromatic heterocycles. The summed E-state index contributed by atoms with van der Waals surface area (Å²) in [5.41, 5.74) is 0. The van der Waals surface area contributed by atoms with Crippen LogP contribution < -0.4 is 9.47 Å². The largest absolute Gasteiger partial charge is 0.494 e. The Balaban J connectivity index is 1.91. The maximum atomic E-state index is 10.7. The van der Waals surface area contributed by atoms with E-state index in [0.717, 1.165) is 35.3 Å². The third-order valence-electron chi connectivity index (χ3n) is 3.46. The van der Waals surface area contributed by atoms with Crippen molar-refractivity contribution in [3.05, 3.63) is 36.4 Å². The first-order chi connectivity index (χ1) is 11.2. The van der Waals surface area contributed by atoms with E-state index in [1.807, 2.05) is 36.4 Å². The van der Waals surface area contributed by atoms with Crippen molar-refractivity contribution >= 4 is 16.7 Å². The van der Waals surface area contributed by atoms with Crippen molar-refractivity contribution in [2.75, 3.05) is 19.8 Å². The summed E-state index contributed by atoms with van der Waals surface area (Å²) in [6, 6.07) is 12.0. The van der Waals surface area contributed by atoms with Crippen molar-refractivity contribution in [1.29, 1.82) is 0 Å². The maximum absolute atomic E-state index is 10.7. The molecule has 4 nitrogen and oxygen atoms in total. The van der Waals surface area contributed by atoms with Crippen LogP contribution in [-0.2, 0) is 9.53 Å². The fourth-order valence-corrected chi connectivity index (χ4v) is 2.27. The normalized spacial score (nSPS) is 10.5. The molecule has 0 saturated carbocycles. The van der Waals surface area contributed by atoms with E-state index in [9.17, 15) is 4.79 Å². The zero-order valence-electron chi connectivity index (χ0n) is 13.8. The van der Waals surface area contributed by atoms with E-state index in [0.29, 0.717) is 6.61 Å². The molecule has 2 aromatic carbocycles. The lowest BCUT2D eigenvalue weighted by atomic mass is 10.1. The highest BCUT2D eigenvalue weighted by Crippen LogP contribution is 2.25. The van der Waals surface area contributed by atoms with Gasteiger partial charge in [-0.1, -0.05) is 31.9 Å². The van der Waals surface area contributed by atoms with Crippen molar-refractivity contribution in [2.45, 2.75) is 33.1 Å². The lowest BCUT2D eigenvalue weighted by Crippen LogP contribution is -2.09.